The molecule has 1 N–H and O–H groups in total. The van der Waals surface area contributed by atoms with Gasteiger partial charge < -0.3 is 10.2 Å². The van der Waals surface area contributed by atoms with Crippen LogP contribution in [-0.2, 0) is 11.2 Å². The van der Waals surface area contributed by atoms with Crippen LogP contribution in [0.1, 0.15) is 37.7 Å². The minimum atomic E-state index is 0.277. The molecule has 0 bridgehead atoms. The van der Waals surface area contributed by atoms with E-state index in [9.17, 15) is 4.79 Å². The largest absolute Gasteiger partial charge is 0.314 e. The summed E-state index contributed by atoms with van der Waals surface area (Å²) in [5.74, 6) is 1.09. The first-order valence-electron chi connectivity index (χ1n) is 9.65. The zero-order chi connectivity index (χ0) is 16.4. The molecule has 0 saturated carbocycles. The first kappa shape index (κ1) is 16.1. The molecular formula is C20H29N3O. The Morgan fingerprint density at radius 2 is 1.92 bits per heavy atom. The zero-order valence-electron chi connectivity index (χ0n) is 14.5. The fourth-order valence-electron chi connectivity index (χ4n) is 4.70. The Labute approximate surface area is 145 Å². The molecule has 4 rings (SSSR count). The van der Waals surface area contributed by atoms with Crippen molar-refractivity contribution < 1.29 is 4.79 Å². The summed E-state index contributed by atoms with van der Waals surface area (Å²) >= 11 is 0. The van der Waals surface area contributed by atoms with Gasteiger partial charge in [0.05, 0.1) is 6.54 Å². The van der Waals surface area contributed by atoms with Crippen LogP contribution in [0.2, 0.25) is 0 Å². The second-order valence-electron chi connectivity index (χ2n) is 7.59. The fraction of sp³-hybridized carbons (Fsp3) is 0.650. The van der Waals surface area contributed by atoms with E-state index in [-0.39, 0.29) is 5.91 Å². The molecule has 3 heterocycles. The third kappa shape index (κ3) is 3.35. The number of benzene rings is 1. The van der Waals surface area contributed by atoms with Crippen LogP contribution in [0.3, 0.4) is 0 Å². The number of rotatable bonds is 3. The molecule has 1 unspecified atom stereocenters. The smallest absolute Gasteiger partial charge is 0.241 e. The Bertz CT molecular complexity index is 574. The maximum Gasteiger partial charge on any atom is 0.241 e. The Morgan fingerprint density at radius 1 is 1.08 bits per heavy atom. The highest BCUT2D eigenvalue weighted by molar-refractivity contribution is 5.95. The number of likely N-dealkylation sites (tertiary alicyclic amines) is 1. The highest BCUT2D eigenvalue weighted by Gasteiger charge is 2.30. The SMILES string of the molecule is O=C(CN1CCC(C2CCCN2)CC1)N1CCCc2ccccc21. The summed E-state index contributed by atoms with van der Waals surface area (Å²) in [4.78, 5) is 17.2. The van der Waals surface area contributed by atoms with Crippen molar-refractivity contribution in [1.29, 1.82) is 0 Å². The van der Waals surface area contributed by atoms with Crippen molar-refractivity contribution in [3.63, 3.8) is 0 Å². The van der Waals surface area contributed by atoms with Crippen LogP contribution in [0, 0.1) is 5.92 Å². The molecule has 24 heavy (non-hydrogen) atoms. The number of para-hydroxylation sites is 1. The number of anilines is 1. The number of carbonyl (C=O) groups is 1. The number of fused-ring (bicyclic) bond motifs is 1. The van der Waals surface area contributed by atoms with Crippen LogP contribution in [0.25, 0.3) is 0 Å². The topological polar surface area (TPSA) is 35.6 Å². The summed E-state index contributed by atoms with van der Waals surface area (Å²) in [6.07, 6.45) is 7.33. The quantitative estimate of drug-likeness (QED) is 0.926. The maximum atomic E-state index is 12.8. The zero-order valence-corrected chi connectivity index (χ0v) is 14.5. The van der Waals surface area contributed by atoms with Gasteiger partial charge in [-0.1, -0.05) is 18.2 Å². The summed E-state index contributed by atoms with van der Waals surface area (Å²) in [6.45, 7) is 4.79. The van der Waals surface area contributed by atoms with Gasteiger partial charge in [0, 0.05) is 18.3 Å². The van der Waals surface area contributed by atoms with E-state index < -0.39 is 0 Å². The van der Waals surface area contributed by atoms with Gasteiger partial charge >= 0.3 is 0 Å². The summed E-state index contributed by atoms with van der Waals surface area (Å²) in [5.41, 5.74) is 2.46. The van der Waals surface area contributed by atoms with Gasteiger partial charge in [-0.25, -0.2) is 0 Å². The average Bonchev–Trinajstić information content (AvgIpc) is 3.16. The number of nitrogens with one attached hydrogen (secondary N) is 1. The van der Waals surface area contributed by atoms with Crippen LogP contribution >= 0.6 is 0 Å². The monoisotopic (exact) mass is 327 g/mol. The van der Waals surface area contributed by atoms with Gasteiger partial charge in [-0.15, -0.1) is 0 Å². The minimum Gasteiger partial charge on any atom is -0.314 e. The molecule has 0 aromatic heterocycles. The van der Waals surface area contributed by atoms with E-state index in [1.807, 2.05) is 11.0 Å². The highest BCUT2D eigenvalue weighted by Crippen LogP contribution is 2.28. The molecule has 1 atom stereocenters. The molecular weight excluding hydrogens is 298 g/mol. The predicted octanol–water partition coefficient (Wildman–Crippen LogP) is 2.43. The summed E-state index contributed by atoms with van der Waals surface area (Å²) < 4.78 is 0. The first-order valence-corrected chi connectivity index (χ1v) is 9.65. The fourth-order valence-corrected chi connectivity index (χ4v) is 4.70. The van der Waals surface area contributed by atoms with Crippen molar-refractivity contribution in [2.75, 3.05) is 37.6 Å². The molecule has 0 aliphatic carbocycles. The van der Waals surface area contributed by atoms with Gasteiger partial charge in [0.15, 0.2) is 0 Å². The van der Waals surface area contributed by atoms with Gasteiger partial charge in [0.25, 0.3) is 0 Å². The Morgan fingerprint density at radius 3 is 2.71 bits per heavy atom. The van der Waals surface area contributed by atoms with E-state index in [2.05, 4.69) is 28.4 Å². The molecule has 1 aromatic rings. The lowest BCUT2D eigenvalue weighted by Gasteiger charge is -2.36. The second kappa shape index (κ2) is 7.24. The number of amides is 1. The van der Waals surface area contributed by atoms with E-state index in [1.54, 1.807) is 0 Å². The lowest BCUT2D eigenvalue weighted by atomic mass is 9.88. The maximum absolute atomic E-state index is 12.8. The third-order valence-corrected chi connectivity index (χ3v) is 6.07. The molecule has 4 heteroatoms. The number of hydrogen-bond acceptors (Lipinski definition) is 3. The van der Waals surface area contributed by atoms with Gasteiger partial charge in [-0.2, -0.15) is 0 Å². The summed E-state index contributed by atoms with van der Waals surface area (Å²) in [6, 6.07) is 9.12. The van der Waals surface area contributed by atoms with Crippen molar-refractivity contribution in [2.24, 2.45) is 5.92 Å². The molecule has 1 aromatic carbocycles. The van der Waals surface area contributed by atoms with E-state index in [1.165, 1.54) is 37.8 Å². The van der Waals surface area contributed by atoms with Gasteiger partial charge in [0.1, 0.15) is 0 Å². The Hall–Kier alpha value is -1.39. The van der Waals surface area contributed by atoms with Crippen molar-refractivity contribution in [3.05, 3.63) is 29.8 Å². The lowest BCUT2D eigenvalue weighted by Crippen LogP contribution is -2.47. The lowest BCUT2D eigenvalue weighted by molar-refractivity contribution is -0.120. The van der Waals surface area contributed by atoms with Crippen LogP contribution < -0.4 is 10.2 Å². The molecule has 0 radical (unpaired) electrons. The predicted molar refractivity (Wildman–Crippen MR) is 97.3 cm³/mol. The van der Waals surface area contributed by atoms with E-state index in [4.69, 9.17) is 0 Å². The van der Waals surface area contributed by atoms with Gasteiger partial charge in [-0.05, 0) is 75.7 Å². The minimum absolute atomic E-state index is 0.277. The molecule has 2 saturated heterocycles. The molecule has 2 fully saturated rings. The number of piperidine rings is 1. The molecule has 0 spiro atoms. The summed E-state index contributed by atoms with van der Waals surface area (Å²) in [5, 5.41) is 3.65. The van der Waals surface area contributed by atoms with Crippen molar-refractivity contribution >= 4 is 11.6 Å². The number of aryl methyl sites for hydroxylation is 1. The average molecular weight is 327 g/mol. The standard InChI is InChI=1S/C20H29N3O/c24-20(23-12-4-6-17-5-1-2-8-19(17)23)15-22-13-9-16(10-14-22)18-7-3-11-21-18/h1-2,5,8,16,18,21H,3-4,6-7,9-15H2. The normalized spacial score (nSPS) is 25.7. The van der Waals surface area contributed by atoms with Crippen LogP contribution in [-0.4, -0.2) is 49.6 Å². The molecule has 130 valence electrons. The highest BCUT2D eigenvalue weighted by atomic mass is 16.2. The van der Waals surface area contributed by atoms with E-state index >= 15 is 0 Å². The van der Waals surface area contributed by atoms with Crippen LogP contribution in [0.5, 0.6) is 0 Å². The third-order valence-electron chi connectivity index (χ3n) is 6.07. The second-order valence-corrected chi connectivity index (χ2v) is 7.59. The van der Waals surface area contributed by atoms with Gasteiger partial charge in [0.2, 0.25) is 5.91 Å². The van der Waals surface area contributed by atoms with Crippen molar-refractivity contribution in [2.45, 2.75) is 44.6 Å². The van der Waals surface area contributed by atoms with E-state index in [0.717, 1.165) is 50.1 Å². The van der Waals surface area contributed by atoms with Crippen molar-refractivity contribution in [3.8, 4) is 0 Å². The molecule has 3 aliphatic heterocycles. The molecule has 3 aliphatic rings. The van der Waals surface area contributed by atoms with Crippen LogP contribution in [0.4, 0.5) is 5.69 Å². The first-order chi connectivity index (χ1) is 11.8. The summed E-state index contributed by atoms with van der Waals surface area (Å²) in [7, 11) is 0. The number of hydrogen-bond donors (Lipinski definition) is 1. The van der Waals surface area contributed by atoms with E-state index in [0.29, 0.717) is 6.54 Å². The van der Waals surface area contributed by atoms with Crippen LogP contribution in [0.15, 0.2) is 24.3 Å². The number of nitrogens with zero attached hydrogens (tertiary/aromatic N) is 2. The van der Waals surface area contributed by atoms with Gasteiger partial charge in [-0.3, -0.25) is 9.69 Å². The van der Waals surface area contributed by atoms with Crippen molar-refractivity contribution in [1.82, 2.24) is 10.2 Å². The number of carbonyl (C=O) groups excluding carboxylic acids is 1. The Kier molecular flexibility index (Phi) is 4.86. The Balaban J connectivity index is 1.33. The molecule has 4 nitrogen and oxygen atoms in total. The molecule has 1 amide bonds.